The molecule has 0 aliphatic heterocycles. The first-order valence-electron chi connectivity index (χ1n) is 8.11. The van der Waals surface area contributed by atoms with Gasteiger partial charge in [0, 0.05) is 16.4 Å². The van der Waals surface area contributed by atoms with Crippen LogP contribution >= 0.6 is 15.9 Å². The molecule has 3 aromatic rings. The molecule has 0 saturated carbocycles. The molecule has 0 radical (unpaired) electrons. The van der Waals surface area contributed by atoms with E-state index in [0.29, 0.717) is 29.1 Å². The SMILES string of the molecule is CCc1nc2c(C)cc(Br)cn2c1C(=O)Nc1cccc(C(=O)OC)c1. The van der Waals surface area contributed by atoms with Gasteiger partial charge in [0.2, 0.25) is 0 Å². The summed E-state index contributed by atoms with van der Waals surface area (Å²) in [5.41, 5.74) is 3.81. The first-order chi connectivity index (χ1) is 12.4. The van der Waals surface area contributed by atoms with Crippen LogP contribution in [0.1, 0.15) is 39.0 Å². The fourth-order valence-electron chi connectivity index (χ4n) is 2.83. The van der Waals surface area contributed by atoms with Crippen molar-refractivity contribution in [3.05, 3.63) is 63.5 Å². The van der Waals surface area contributed by atoms with E-state index in [1.807, 2.05) is 26.1 Å². The second-order valence-corrected chi connectivity index (χ2v) is 6.74. The summed E-state index contributed by atoms with van der Waals surface area (Å²) in [6.07, 6.45) is 2.46. The third-order valence-corrected chi connectivity index (χ3v) is 4.47. The van der Waals surface area contributed by atoms with E-state index in [-0.39, 0.29) is 5.91 Å². The number of nitrogens with one attached hydrogen (secondary N) is 1. The molecule has 0 saturated heterocycles. The molecule has 1 aromatic carbocycles. The number of fused-ring (bicyclic) bond motifs is 1. The largest absolute Gasteiger partial charge is 0.465 e. The van der Waals surface area contributed by atoms with Gasteiger partial charge in [0.05, 0.1) is 18.4 Å². The number of esters is 1. The fraction of sp³-hybridized carbons (Fsp3) is 0.211. The molecule has 134 valence electrons. The van der Waals surface area contributed by atoms with Gasteiger partial charge in [0.15, 0.2) is 0 Å². The minimum Gasteiger partial charge on any atom is -0.465 e. The molecule has 7 heteroatoms. The number of carbonyl (C=O) groups excluding carboxylic acids is 2. The zero-order valence-electron chi connectivity index (χ0n) is 14.7. The molecule has 26 heavy (non-hydrogen) atoms. The lowest BCUT2D eigenvalue weighted by Gasteiger charge is -2.08. The van der Waals surface area contributed by atoms with E-state index < -0.39 is 5.97 Å². The van der Waals surface area contributed by atoms with Crippen molar-refractivity contribution in [2.24, 2.45) is 0 Å². The van der Waals surface area contributed by atoms with Crippen molar-refractivity contribution in [2.75, 3.05) is 12.4 Å². The molecule has 0 unspecified atom stereocenters. The van der Waals surface area contributed by atoms with Gasteiger partial charge in [-0.2, -0.15) is 0 Å². The zero-order valence-corrected chi connectivity index (χ0v) is 16.3. The standard InChI is InChI=1S/C19H18BrN3O3/c1-4-15-16(23-10-13(20)8-11(2)17(23)22-15)18(24)21-14-7-5-6-12(9-14)19(25)26-3/h5-10H,4H2,1-3H3,(H,21,24). The number of nitrogens with zero attached hydrogens (tertiary/aromatic N) is 2. The average Bonchev–Trinajstić information content (AvgIpc) is 3.00. The smallest absolute Gasteiger partial charge is 0.337 e. The number of benzene rings is 1. The maximum atomic E-state index is 12.9. The number of methoxy groups -OCH3 is 1. The minimum absolute atomic E-state index is 0.283. The molecule has 0 aliphatic carbocycles. The van der Waals surface area contributed by atoms with Crippen LogP contribution in [0.15, 0.2) is 41.0 Å². The van der Waals surface area contributed by atoms with Gasteiger partial charge in [-0.1, -0.05) is 13.0 Å². The number of amides is 1. The van der Waals surface area contributed by atoms with Crippen LogP contribution in [0.25, 0.3) is 5.65 Å². The second-order valence-electron chi connectivity index (χ2n) is 5.82. The number of ether oxygens (including phenoxy) is 1. The number of aryl methyl sites for hydroxylation is 2. The third kappa shape index (κ3) is 3.35. The monoisotopic (exact) mass is 415 g/mol. The number of anilines is 1. The van der Waals surface area contributed by atoms with Crippen molar-refractivity contribution < 1.29 is 14.3 Å². The maximum Gasteiger partial charge on any atom is 0.337 e. The van der Waals surface area contributed by atoms with E-state index in [2.05, 4.69) is 26.2 Å². The number of carbonyl (C=O) groups is 2. The van der Waals surface area contributed by atoms with E-state index in [1.54, 1.807) is 28.7 Å². The molecule has 0 aliphatic rings. The molecular weight excluding hydrogens is 398 g/mol. The van der Waals surface area contributed by atoms with Crippen LogP contribution in [0, 0.1) is 6.92 Å². The molecule has 6 nitrogen and oxygen atoms in total. The zero-order chi connectivity index (χ0) is 18.8. The van der Waals surface area contributed by atoms with Crippen LogP contribution in [0.5, 0.6) is 0 Å². The molecule has 0 fully saturated rings. The van der Waals surface area contributed by atoms with Crippen molar-refractivity contribution in [3.8, 4) is 0 Å². The Kier molecular flexibility index (Phi) is 5.08. The van der Waals surface area contributed by atoms with Crippen LogP contribution in [0.2, 0.25) is 0 Å². The predicted octanol–water partition coefficient (Wildman–Crippen LogP) is 4.01. The lowest BCUT2D eigenvalue weighted by atomic mass is 10.2. The lowest BCUT2D eigenvalue weighted by Crippen LogP contribution is -2.16. The number of aromatic nitrogens is 2. The summed E-state index contributed by atoms with van der Waals surface area (Å²) < 4.78 is 7.37. The maximum absolute atomic E-state index is 12.9. The number of hydrogen-bond donors (Lipinski definition) is 1. The van der Waals surface area contributed by atoms with E-state index in [9.17, 15) is 9.59 Å². The Hall–Kier alpha value is -2.67. The van der Waals surface area contributed by atoms with Gasteiger partial charge in [-0.25, -0.2) is 9.78 Å². The van der Waals surface area contributed by atoms with Gasteiger partial charge < -0.3 is 10.1 Å². The molecule has 0 atom stereocenters. The Morgan fingerprint density at radius 3 is 2.77 bits per heavy atom. The van der Waals surface area contributed by atoms with Gasteiger partial charge in [-0.05, 0) is 59.1 Å². The predicted molar refractivity (Wildman–Crippen MR) is 103 cm³/mol. The quantitative estimate of drug-likeness (QED) is 0.653. The Bertz CT molecular complexity index is 1010. The fourth-order valence-corrected chi connectivity index (χ4v) is 3.38. The first kappa shape index (κ1) is 18.1. The Balaban J connectivity index is 2.02. The van der Waals surface area contributed by atoms with Crippen molar-refractivity contribution in [2.45, 2.75) is 20.3 Å². The van der Waals surface area contributed by atoms with Gasteiger partial charge in [-0.3, -0.25) is 9.20 Å². The van der Waals surface area contributed by atoms with Gasteiger partial charge >= 0.3 is 5.97 Å². The first-order valence-corrected chi connectivity index (χ1v) is 8.90. The van der Waals surface area contributed by atoms with E-state index in [1.165, 1.54) is 7.11 Å². The van der Waals surface area contributed by atoms with Crippen molar-refractivity contribution in [3.63, 3.8) is 0 Å². The van der Waals surface area contributed by atoms with E-state index >= 15 is 0 Å². The highest BCUT2D eigenvalue weighted by Gasteiger charge is 2.20. The van der Waals surface area contributed by atoms with Crippen LogP contribution in [-0.2, 0) is 11.2 Å². The summed E-state index contributed by atoms with van der Waals surface area (Å²) in [5.74, 6) is -0.737. The van der Waals surface area contributed by atoms with Crippen LogP contribution in [0.3, 0.4) is 0 Å². The molecule has 3 rings (SSSR count). The van der Waals surface area contributed by atoms with E-state index in [4.69, 9.17) is 4.74 Å². The molecule has 0 spiro atoms. The number of hydrogen-bond acceptors (Lipinski definition) is 4. The molecule has 1 amide bonds. The summed E-state index contributed by atoms with van der Waals surface area (Å²) in [7, 11) is 1.32. The Morgan fingerprint density at radius 1 is 1.31 bits per heavy atom. The minimum atomic E-state index is -0.454. The molecular formula is C19H18BrN3O3. The molecule has 2 aromatic heterocycles. The second kappa shape index (κ2) is 7.29. The topological polar surface area (TPSA) is 72.7 Å². The summed E-state index contributed by atoms with van der Waals surface area (Å²) in [4.78, 5) is 29.2. The number of halogens is 1. The summed E-state index contributed by atoms with van der Waals surface area (Å²) in [5, 5.41) is 2.85. The normalized spacial score (nSPS) is 10.8. The molecule has 1 N–H and O–H groups in total. The highest BCUT2D eigenvalue weighted by molar-refractivity contribution is 9.10. The highest BCUT2D eigenvalue weighted by atomic mass is 79.9. The van der Waals surface area contributed by atoms with Crippen LogP contribution in [-0.4, -0.2) is 28.4 Å². The Morgan fingerprint density at radius 2 is 2.08 bits per heavy atom. The third-order valence-electron chi connectivity index (χ3n) is 4.03. The van der Waals surface area contributed by atoms with Crippen LogP contribution < -0.4 is 5.32 Å². The van der Waals surface area contributed by atoms with Gasteiger partial charge in [0.1, 0.15) is 11.3 Å². The van der Waals surface area contributed by atoms with Crippen molar-refractivity contribution >= 4 is 39.1 Å². The number of rotatable bonds is 4. The van der Waals surface area contributed by atoms with Gasteiger partial charge in [-0.15, -0.1) is 0 Å². The van der Waals surface area contributed by atoms with Gasteiger partial charge in [0.25, 0.3) is 5.91 Å². The lowest BCUT2D eigenvalue weighted by molar-refractivity contribution is 0.0600. The summed E-state index contributed by atoms with van der Waals surface area (Å²) in [6.45, 7) is 3.91. The average molecular weight is 416 g/mol. The molecule has 0 bridgehead atoms. The summed E-state index contributed by atoms with van der Waals surface area (Å²) >= 11 is 3.47. The van der Waals surface area contributed by atoms with Crippen molar-refractivity contribution in [1.82, 2.24) is 9.38 Å². The van der Waals surface area contributed by atoms with Crippen molar-refractivity contribution in [1.29, 1.82) is 0 Å². The summed E-state index contributed by atoms with van der Waals surface area (Å²) in [6, 6.07) is 8.59. The van der Waals surface area contributed by atoms with E-state index in [0.717, 1.165) is 15.7 Å². The number of imidazole rings is 1. The molecule has 2 heterocycles. The number of pyridine rings is 1. The Labute approximate surface area is 159 Å². The highest BCUT2D eigenvalue weighted by Crippen LogP contribution is 2.22. The van der Waals surface area contributed by atoms with Crippen LogP contribution in [0.4, 0.5) is 5.69 Å².